The van der Waals surface area contributed by atoms with E-state index in [9.17, 15) is 4.39 Å². The Kier molecular flexibility index (Phi) is 6.03. The number of fused-ring (bicyclic) bond motifs is 1. The largest absolute Gasteiger partial charge is 0.497 e. The minimum Gasteiger partial charge on any atom is -0.497 e. The van der Waals surface area contributed by atoms with E-state index in [0.29, 0.717) is 28.4 Å². The number of ether oxygens (including phenoxy) is 4. The fourth-order valence-corrected chi connectivity index (χ4v) is 3.84. The third kappa shape index (κ3) is 4.12. The number of benzene rings is 3. The maximum atomic E-state index is 14.6. The third-order valence-electron chi connectivity index (χ3n) is 5.40. The molecule has 8 nitrogen and oxygen atoms in total. The Bertz CT molecular complexity index is 1220. The Hall–Kier alpha value is -4.27. The molecule has 2 aliphatic rings. The number of carbonyl (C=O) groups is 1. The lowest BCUT2D eigenvalue weighted by Crippen LogP contribution is -2.27. The maximum absolute atomic E-state index is 14.6. The molecule has 0 aromatic heterocycles. The predicted octanol–water partition coefficient (Wildman–Crippen LogP) is 3.52. The van der Waals surface area contributed by atoms with Crippen LogP contribution in [0.25, 0.3) is 11.1 Å². The quantitative estimate of drug-likeness (QED) is 0.583. The van der Waals surface area contributed by atoms with Crippen LogP contribution in [-0.2, 0) is 15.1 Å². The van der Waals surface area contributed by atoms with Crippen molar-refractivity contribution in [1.29, 1.82) is 0 Å². The summed E-state index contributed by atoms with van der Waals surface area (Å²) < 4.78 is 36.3. The van der Waals surface area contributed by atoms with Gasteiger partial charge >= 0.3 is 0 Å². The van der Waals surface area contributed by atoms with Crippen LogP contribution in [0, 0.1) is 5.82 Å². The summed E-state index contributed by atoms with van der Waals surface area (Å²) in [5.41, 5.74) is 7.83. The van der Waals surface area contributed by atoms with Crippen molar-refractivity contribution in [2.24, 2.45) is 10.7 Å². The number of rotatable bonds is 4. The van der Waals surface area contributed by atoms with Crippen LogP contribution in [0.15, 0.2) is 65.7 Å². The summed E-state index contributed by atoms with van der Waals surface area (Å²) in [5.74, 6) is 1.56. The fraction of sp³-hybridized carbons (Fsp3) is 0.167. The van der Waals surface area contributed by atoms with Crippen LogP contribution in [0.1, 0.15) is 11.1 Å². The van der Waals surface area contributed by atoms with Crippen LogP contribution in [0.3, 0.4) is 0 Å². The lowest BCUT2D eigenvalue weighted by Gasteiger charge is -2.26. The molecule has 3 N–H and O–H groups in total. The number of halogens is 1. The van der Waals surface area contributed by atoms with E-state index in [-0.39, 0.29) is 31.7 Å². The van der Waals surface area contributed by atoms with Crippen molar-refractivity contribution in [2.75, 3.05) is 20.5 Å². The van der Waals surface area contributed by atoms with Crippen LogP contribution in [-0.4, -0.2) is 38.1 Å². The first kappa shape index (κ1) is 21.9. The number of hydrogen-bond donors (Lipinski definition) is 2. The normalized spacial score (nSPS) is 17.9. The SMILES string of the molecule is COc1ccc(F)c(-c2cccc(C3(c4ccc5c(c4)OCO5)COC(N)=N3)c2)c1.O=CO. The highest BCUT2D eigenvalue weighted by molar-refractivity contribution is 5.76. The van der Waals surface area contributed by atoms with E-state index in [1.54, 1.807) is 19.2 Å². The van der Waals surface area contributed by atoms with Crippen LogP contribution < -0.4 is 19.9 Å². The zero-order valence-electron chi connectivity index (χ0n) is 17.7. The molecule has 0 saturated heterocycles. The Morgan fingerprint density at radius 2 is 1.82 bits per heavy atom. The van der Waals surface area contributed by atoms with Gasteiger partial charge < -0.3 is 29.8 Å². The number of nitrogens with two attached hydrogens (primary N) is 1. The molecule has 5 rings (SSSR count). The van der Waals surface area contributed by atoms with Crippen LogP contribution >= 0.6 is 0 Å². The second kappa shape index (κ2) is 9.07. The fourth-order valence-electron chi connectivity index (χ4n) is 3.84. The van der Waals surface area contributed by atoms with Crippen molar-refractivity contribution in [3.63, 3.8) is 0 Å². The Morgan fingerprint density at radius 1 is 1.06 bits per heavy atom. The standard InChI is InChI=1S/C23H19FN2O4.CH2O2/c1-27-17-6-7-19(24)18(11-17)14-3-2-4-15(9-14)23(12-28-22(25)26-23)16-5-8-20-21(10-16)30-13-29-20;2-1-3/h2-11H,12-13H2,1H3,(H2,25,26);1H,(H,2,3). The summed E-state index contributed by atoms with van der Waals surface area (Å²) in [6.45, 7) is 0.154. The molecule has 0 saturated carbocycles. The van der Waals surface area contributed by atoms with Gasteiger partial charge in [-0.05, 0) is 53.1 Å². The van der Waals surface area contributed by atoms with Crippen molar-refractivity contribution < 1.29 is 33.2 Å². The molecular weight excluding hydrogens is 431 g/mol. The average Bonchev–Trinajstić information content (AvgIpc) is 3.47. The molecule has 1 atom stereocenters. The molecule has 0 bridgehead atoms. The second-order valence-corrected chi connectivity index (χ2v) is 7.20. The van der Waals surface area contributed by atoms with Gasteiger partial charge in [0.2, 0.25) is 6.79 Å². The van der Waals surface area contributed by atoms with Crippen molar-refractivity contribution in [2.45, 2.75) is 5.54 Å². The van der Waals surface area contributed by atoms with Gasteiger partial charge in [0.05, 0.1) is 7.11 Å². The van der Waals surface area contributed by atoms with Gasteiger partial charge in [-0.25, -0.2) is 9.38 Å². The Labute approximate surface area is 189 Å². The van der Waals surface area contributed by atoms with Gasteiger partial charge in [-0.2, -0.15) is 0 Å². The summed E-state index contributed by atoms with van der Waals surface area (Å²) in [6.07, 6.45) is 0. The van der Waals surface area contributed by atoms with Crippen molar-refractivity contribution in [3.8, 4) is 28.4 Å². The molecule has 2 aliphatic heterocycles. The minimum absolute atomic E-state index is 0.102. The number of nitrogens with zero attached hydrogens (tertiary/aromatic N) is 1. The van der Waals surface area contributed by atoms with Gasteiger partial charge in [0.25, 0.3) is 12.5 Å². The zero-order chi connectivity index (χ0) is 23.4. The average molecular weight is 452 g/mol. The summed E-state index contributed by atoms with van der Waals surface area (Å²) in [4.78, 5) is 13.0. The Balaban J connectivity index is 0.000000821. The summed E-state index contributed by atoms with van der Waals surface area (Å²) in [5, 5.41) is 6.89. The molecule has 170 valence electrons. The third-order valence-corrected chi connectivity index (χ3v) is 5.40. The molecule has 3 aromatic rings. The summed E-state index contributed by atoms with van der Waals surface area (Å²) in [6, 6.07) is 17.9. The lowest BCUT2D eigenvalue weighted by molar-refractivity contribution is -0.122. The monoisotopic (exact) mass is 452 g/mol. The van der Waals surface area contributed by atoms with Crippen LogP contribution in [0.5, 0.6) is 17.2 Å². The van der Waals surface area contributed by atoms with E-state index in [2.05, 4.69) is 4.99 Å². The number of hydrogen-bond acceptors (Lipinski definition) is 7. The molecule has 9 heteroatoms. The molecule has 1 unspecified atom stereocenters. The molecule has 0 fully saturated rings. The molecule has 2 heterocycles. The minimum atomic E-state index is -0.879. The lowest BCUT2D eigenvalue weighted by atomic mass is 9.83. The molecule has 33 heavy (non-hydrogen) atoms. The highest BCUT2D eigenvalue weighted by Crippen LogP contribution is 2.43. The van der Waals surface area contributed by atoms with Gasteiger partial charge in [0.1, 0.15) is 18.2 Å². The van der Waals surface area contributed by atoms with Gasteiger partial charge in [0, 0.05) is 5.56 Å². The van der Waals surface area contributed by atoms with Gasteiger partial charge in [-0.3, -0.25) is 4.79 Å². The predicted molar refractivity (Wildman–Crippen MR) is 118 cm³/mol. The summed E-state index contributed by atoms with van der Waals surface area (Å²) >= 11 is 0. The van der Waals surface area contributed by atoms with Gasteiger partial charge in [-0.15, -0.1) is 0 Å². The topological polar surface area (TPSA) is 113 Å². The smallest absolute Gasteiger partial charge is 0.290 e. The first-order chi connectivity index (χ1) is 16.0. The van der Waals surface area contributed by atoms with Crippen molar-refractivity contribution in [1.82, 2.24) is 0 Å². The van der Waals surface area contributed by atoms with Crippen molar-refractivity contribution in [3.05, 3.63) is 77.6 Å². The Morgan fingerprint density at radius 3 is 2.55 bits per heavy atom. The number of aliphatic imine (C=N–C) groups is 1. The van der Waals surface area contributed by atoms with E-state index >= 15 is 0 Å². The van der Waals surface area contributed by atoms with E-state index in [0.717, 1.165) is 11.1 Å². The molecule has 3 aromatic carbocycles. The number of amidine groups is 1. The highest BCUT2D eigenvalue weighted by atomic mass is 19.1. The van der Waals surface area contributed by atoms with E-state index in [1.165, 1.54) is 6.07 Å². The second-order valence-electron chi connectivity index (χ2n) is 7.20. The summed E-state index contributed by atoms with van der Waals surface area (Å²) in [7, 11) is 1.55. The molecule has 0 radical (unpaired) electrons. The number of methoxy groups -OCH3 is 1. The maximum Gasteiger partial charge on any atom is 0.290 e. The molecule has 0 spiro atoms. The first-order valence-corrected chi connectivity index (χ1v) is 9.91. The number of carboxylic acid groups (broad SMARTS) is 1. The zero-order valence-corrected chi connectivity index (χ0v) is 17.7. The van der Waals surface area contributed by atoms with Crippen LogP contribution in [0.2, 0.25) is 0 Å². The first-order valence-electron chi connectivity index (χ1n) is 9.91. The van der Waals surface area contributed by atoms with E-state index in [4.69, 9.17) is 34.6 Å². The molecule has 0 amide bonds. The van der Waals surface area contributed by atoms with E-state index < -0.39 is 5.54 Å². The van der Waals surface area contributed by atoms with Gasteiger partial charge in [-0.1, -0.05) is 24.3 Å². The molecule has 0 aliphatic carbocycles. The molecular formula is C24H21FN2O6. The highest BCUT2D eigenvalue weighted by Gasteiger charge is 2.41. The van der Waals surface area contributed by atoms with Gasteiger partial charge in [0.15, 0.2) is 17.0 Å². The van der Waals surface area contributed by atoms with Crippen LogP contribution in [0.4, 0.5) is 4.39 Å². The van der Waals surface area contributed by atoms with Crippen molar-refractivity contribution >= 4 is 12.5 Å². The van der Waals surface area contributed by atoms with E-state index in [1.807, 2.05) is 42.5 Å².